The molecule has 4 aliphatic rings. The van der Waals surface area contributed by atoms with Crippen molar-refractivity contribution in [2.45, 2.75) is 124 Å². The molecule has 15 aromatic carbocycles. The molecule has 0 N–H and O–H groups in total. The van der Waals surface area contributed by atoms with Crippen molar-refractivity contribution in [3.63, 3.8) is 0 Å². The van der Waals surface area contributed by atoms with E-state index in [1.165, 1.54) is 175 Å². The van der Waals surface area contributed by atoms with Crippen molar-refractivity contribution in [1.29, 1.82) is 0 Å². The molecular weight excluding hydrogens is 1390 g/mol. The molecule has 0 fully saturated rings. The standard InChI is InChI=1S/C106H90B2N2S2/c1-103(2,3)77-53-73(54-78(63-77)104(4,5)6)75-57-95-101-99(61-75)111-97-59-71(83-43-27-25-41-81(83)67-33-17-13-18-34-67)49-51-87(97)107(101)89-65-90-94(66-93(89)109(95)91-47-31-29-45-85(91)69-37-21-15-22-38-69)110(92-48-32-30-46-86(92)70-39-23-16-24-40-70)96-58-76(74-55-79(105(7,8)9)64-80(56-74)106(10,11)12)62-100-102(96)108(90)88-52-50-72(60-98(88)112-100)84-44-28-26-42-82(84)68-35-19-14-20-36-68/h13-66H,1-12H3. The molecular formula is C106H90B2N2S2. The Morgan fingerprint density at radius 1 is 0.196 bits per heavy atom. The average Bonchev–Trinajstić information content (AvgIpc) is 0.686. The third-order valence-corrected chi connectivity index (χ3v) is 26.0. The van der Waals surface area contributed by atoms with E-state index < -0.39 is 0 Å². The molecule has 0 saturated heterocycles. The van der Waals surface area contributed by atoms with Gasteiger partial charge in [0.2, 0.25) is 13.4 Å². The number of fused-ring (bicyclic) bond motifs is 8. The molecule has 0 radical (unpaired) electrons. The highest BCUT2D eigenvalue weighted by Crippen LogP contribution is 2.53. The Morgan fingerprint density at radius 3 is 0.804 bits per heavy atom. The fourth-order valence-corrected chi connectivity index (χ4v) is 20.2. The van der Waals surface area contributed by atoms with Gasteiger partial charge in [0.25, 0.3) is 0 Å². The van der Waals surface area contributed by atoms with Gasteiger partial charge in [-0.25, -0.2) is 0 Å². The Hall–Kier alpha value is -11.3. The number of benzene rings is 15. The van der Waals surface area contributed by atoms with Gasteiger partial charge in [0.15, 0.2) is 0 Å². The minimum atomic E-state index is -0.171. The van der Waals surface area contributed by atoms with Gasteiger partial charge in [-0.2, -0.15) is 0 Å². The number of nitrogens with zero attached hydrogens (tertiary/aromatic N) is 2. The zero-order valence-electron chi connectivity index (χ0n) is 66.0. The number of para-hydroxylation sites is 2. The summed E-state index contributed by atoms with van der Waals surface area (Å²) in [6, 6.07) is 126. The summed E-state index contributed by atoms with van der Waals surface area (Å²) in [7, 11) is 0. The lowest BCUT2D eigenvalue weighted by Crippen LogP contribution is -2.64. The third-order valence-electron chi connectivity index (χ3n) is 23.8. The van der Waals surface area contributed by atoms with Gasteiger partial charge in [0, 0.05) is 53.5 Å². The van der Waals surface area contributed by atoms with E-state index in [2.05, 4.69) is 420 Å². The highest BCUT2D eigenvalue weighted by molar-refractivity contribution is 8.00. The van der Waals surface area contributed by atoms with Crippen LogP contribution in [0.5, 0.6) is 0 Å². The van der Waals surface area contributed by atoms with Crippen LogP contribution in [0.1, 0.15) is 105 Å². The van der Waals surface area contributed by atoms with Crippen LogP contribution in [-0.2, 0) is 21.7 Å². The van der Waals surface area contributed by atoms with Gasteiger partial charge in [-0.15, -0.1) is 0 Å². The predicted molar refractivity (Wildman–Crippen MR) is 485 cm³/mol. The monoisotopic (exact) mass is 1480 g/mol. The second-order valence-electron chi connectivity index (χ2n) is 35.2. The van der Waals surface area contributed by atoms with Crippen molar-refractivity contribution in [3.05, 3.63) is 350 Å². The van der Waals surface area contributed by atoms with Crippen molar-refractivity contribution in [1.82, 2.24) is 0 Å². The number of anilines is 6. The lowest BCUT2D eigenvalue weighted by Gasteiger charge is -2.45. The van der Waals surface area contributed by atoms with Gasteiger partial charge >= 0.3 is 0 Å². The van der Waals surface area contributed by atoms with E-state index in [-0.39, 0.29) is 35.1 Å². The molecule has 0 unspecified atom stereocenters. The molecule has 6 heteroatoms. The Labute approximate surface area is 671 Å². The highest BCUT2D eigenvalue weighted by Gasteiger charge is 2.48. The van der Waals surface area contributed by atoms with E-state index in [1.807, 2.05) is 23.5 Å². The lowest BCUT2D eigenvalue weighted by atomic mass is 9.31. The van der Waals surface area contributed by atoms with Crippen LogP contribution < -0.4 is 42.6 Å². The second-order valence-corrected chi connectivity index (χ2v) is 37.4. The fourth-order valence-electron chi connectivity index (χ4n) is 17.8. The van der Waals surface area contributed by atoms with E-state index >= 15 is 0 Å². The van der Waals surface area contributed by atoms with Gasteiger partial charge in [-0.05, 0) is 198 Å². The molecule has 15 aromatic rings. The molecule has 0 aliphatic carbocycles. The van der Waals surface area contributed by atoms with Crippen molar-refractivity contribution in [2.75, 3.05) is 9.80 Å². The van der Waals surface area contributed by atoms with Crippen molar-refractivity contribution in [3.8, 4) is 89.0 Å². The Bertz CT molecular complexity index is 5810. The van der Waals surface area contributed by atoms with E-state index in [4.69, 9.17) is 0 Å². The molecule has 0 amide bonds. The van der Waals surface area contributed by atoms with Gasteiger partial charge in [0.1, 0.15) is 0 Å². The van der Waals surface area contributed by atoms with Crippen LogP contribution in [0, 0.1) is 0 Å². The summed E-state index contributed by atoms with van der Waals surface area (Å²) in [4.78, 5) is 10.5. The first-order valence-corrected chi connectivity index (χ1v) is 41.4. The molecule has 4 heterocycles. The Morgan fingerprint density at radius 2 is 0.473 bits per heavy atom. The maximum atomic E-state index is 2.72. The summed E-state index contributed by atoms with van der Waals surface area (Å²) in [6.45, 7) is 28.0. The molecule has 0 atom stereocenters. The molecule has 19 rings (SSSR count). The minimum Gasteiger partial charge on any atom is -0.311 e. The fraction of sp³-hybridized carbons (Fsp3) is 0.151. The first-order chi connectivity index (χ1) is 54.1. The van der Waals surface area contributed by atoms with E-state index in [0.29, 0.717) is 0 Å². The van der Waals surface area contributed by atoms with Gasteiger partial charge < -0.3 is 9.80 Å². The SMILES string of the molecule is CC(C)(C)c1cc(-c2cc3c4c(c2)N(c2ccccc2-c2ccccc2)c2cc5c(cc2B4c2ccc(-c4ccccc4-c4ccccc4)cc2S3)B2c3ccc(-c4ccccc4-c4ccccc4)cc3Sc3cc(-c4cc(C(C)(C)C)cc(C(C)(C)C)c4)cc(c32)N5c2ccccc2-c2ccccc2)cc(C(C)(C)C)c1. The Balaban J connectivity index is 0.945. The zero-order valence-corrected chi connectivity index (χ0v) is 67.7. The normalized spacial score (nSPS) is 13.4. The maximum Gasteiger partial charge on any atom is 0.249 e. The largest absolute Gasteiger partial charge is 0.311 e. The van der Waals surface area contributed by atoms with Crippen molar-refractivity contribution < 1.29 is 0 Å². The quantitative estimate of drug-likeness (QED) is 0.126. The summed E-state index contributed by atoms with van der Waals surface area (Å²) in [6.07, 6.45) is 0. The molecule has 2 nitrogen and oxygen atoms in total. The van der Waals surface area contributed by atoms with E-state index in [1.54, 1.807) is 0 Å². The summed E-state index contributed by atoms with van der Waals surface area (Å²) >= 11 is 3.90. The van der Waals surface area contributed by atoms with Crippen LogP contribution >= 0.6 is 23.5 Å². The topological polar surface area (TPSA) is 6.48 Å². The van der Waals surface area contributed by atoms with Gasteiger partial charge in [0.05, 0.1) is 11.4 Å². The molecule has 542 valence electrons. The molecule has 4 aliphatic heterocycles. The first-order valence-electron chi connectivity index (χ1n) is 39.7. The van der Waals surface area contributed by atoms with Crippen LogP contribution in [0.2, 0.25) is 0 Å². The van der Waals surface area contributed by atoms with Gasteiger partial charge in [-0.3, -0.25) is 0 Å². The van der Waals surface area contributed by atoms with Crippen LogP contribution in [-0.4, -0.2) is 13.4 Å². The molecule has 112 heavy (non-hydrogen) atoms. The van der Waals surface area contributed by atoms with Crippen LogP contribution in [0.3, 0.4) is 0 Å². The summed E-state index contributed by atoms with van der Waals surface area (Å²) in [5.41, 5.74) is 39.0. The van der Waals surface area contributed by atoms with Crippen LogP contribution in [0.4, 0.5) is 34.1 Å². The number of hydrogen-bond donors (Lipinski definition) is 0. The predicted octanol–water partition coefficient (Wildman–Crippen LogP) is 25.7. The third kappa shape index (κ3) is 12.5. The second kappa shape index (κ2) is 27.3. The Kier molecular flexibility index (Phi) is 17.3. The first kappa shape index (κ1) is 71.1. The number of hydrogen-bond acceptors (Lipinski definition) is 4. The average molecular weight is 1480 g/mol. The maximum absolute atomic E-state index is 2.72. The zero-order chi connectivity index (χ0) is 76.7. The van der Waals surface area contributed by atoms with E-state index in [0.717, 1.165) is 22.7 Å². The van der Waals surface area contributed by atoms with E-state index in [9.17, 15) is 0 Å². The van der Waals surface area contributed by atoms with Crippen molar-refractivity contribution in [2.24, 2.45) is 0 Å². The highest BCUT2D eigenvalue weighted by atomic mass is 32.2. The van der Waals surface area contributed by atoms with Gasteiger partial charge in [-0.1, -0.05) is 391 Å². The van der Waals surface area contributed by atoms with Crippen LogP contribution in [0.15, 0.2) is 347 Å². The molecule has 0 saturated carbocycles. The van der Waals surface area contributed by atoms with Crippen LogP contribution in [0.25, 0.3) is 89.0 Å². The smallest absolute Gasteiger partial charge is 0.249 e. The lowest BCUT2D eigenvalue weighted by molar-refractivity contribution is 0.568. The van der Waals surface area contributed by atoms with Crippen molar-refractivity contribution >= 4 is 104 Å². The minimum absolute atomic E-state index is 0.104. The summed E-state index contributed by atoms with van der Waals surface area (Å²) in [5.74, 6) is 0. The molecule has 0 spiro atoms. The number of rotatable bonds is 10. The summed E-state index contributed by atoms with van der Waals surface area (Å²) in [5, 5.41) is 0. The molecule has 0 bridgehead atoms. The molecule has 0 aromatic heterocycles. The summed E-state index contributed by atoms with van der Waals surface area (Å²) < 4.78 is 0.